The molecule has 0 saturated carbocycles. The van der Waals surface area contributed by atoms with Crippen molar-refractivity contribution in [2.24, 2.45) is 0 Å². The van der Waals surface area contributed by atoms with E-state index in [1.54, 1.807) is 19.2 Å². The highest BCUT2D eigenvalue weighted by molar-refractivity contribution is 5.52. The molecule has 0 fully saturated rings. The molecule has 110 valence electrons. The molecule has 2 aromatic rings. The molecule has 0 aromatic heterocycles. The monoisotopic (exact) mass is 285 g/mol. The molecular formula is C17H19NO3. The number of nitrogen functional groups attached to an aromatic ring is 1. The Bertz CT molecular complexity index is 654. The summed E-state index contributed by atoms with van der Waals surface area (Å²) in [5.41, 5.74) is 8.88. The fraction of sp³-hybridized carbons (Fsp3) is 0.294. The summed E-state index contributed by atoms with van der Waals surface area (Å²) >= 11 is 0. The zero-order chi connectivity index (χ0) is 14.8. The quantitative estimate of drug-likeness (QED) is 0.877. The van der Waals surface area contributed by atoms with Gasteiger partial charge in [-0.15, -0.1) is 0 Å². The van der Waals surface area contributed by atoms with Crippen LogP contribution in [-0.4, -0.2) is 19.8 Å². The molecule has 0 saturated heterocycles. The topological polar surface area (TPSA) is 53.7 Å². The van der Waals surface area contributed by atoms with E-state index in [0.717, 1.165) is 12.2 Å². The van der Waals surface area contributed by atoms with Crippen LogP contribution >= 0.6 is 0 Å². The maximum Gasteiger partial charge on any atom is 0.162 e. The lowest BCUT2D eigenvalue weighted by atomic mass is 10.1. The Balaban J connectivity index is 1.65. The van der Waals surface area contributed by atoms with Crippen LogP contribution in [0.5, 0.6) is 17.2 Å². The van der Waals surface area contributed by atoms with Gasteiger partial charge in [-0.25, -0.2) is 0 Å². The van der Waals surface area contributed by atoms with Crippen LogP contribution in [0, 0.1) is 6.92 Å². The first-order chi connectivity index (χ1) is 10.2. The molecule has 4 heteroatoms. The molecule has 1 aliphatic heterocycles. The van der Waals surface area contributed by atoms with E-state index in [-0.39, 0.29) is 6.10 Å². The SMILES string of the molecule is COc1cc(N)ccc1OCC1Cc2cc(C)ccc2O1. The molecule has 0 amide bonds. The van der Waals surface area contributed by atoms with E-state index in [4.69, 9.17) is 19.9 Å². The molecule has 0 aliphatic carbocycles. The number of nitrogens with two attached hydrogens (primary N) is 1. The van der Waals surface area contributed by atoms with Crippen LogP contribution in [0.25, 0.3) is 0 Å². The Hall–Kier alpha value is -2.36. The lowest BCUT2D eigenvalue weighted by molar-refractivity contribution is 0.146. The molecule has 21 heavy (non-hydrogen) atoms. The molecule has 4 nitrogen and oxygen atoms in total. The Morgan fingerprint density at radius 3 is 2.86 bits per heavy atom. The third-order valence-electron chi connectivity index (χ3n) is 3.57. The molecule has 0 spiro atoms. The molecule has 0 bridgehead atoms. The molecule has 3 rings (SSSR count). The van der Waals surface area contributed by atoms with Crippen LogP contribution < -0.4 is 19.9 Å². The van der Waals surface area contributed by atoms with E-state index in [0.29, 0.717) is 23.8 Å². The second-order valence-corrected chi connectivity index (χ2v) is 5.28. The number of rotatable bonds is 4. The van der Waals surface area contributed by atoms with Crippen molar-refractivity contribution in [2.75, 3.05) is 19.5 Å². The van der Waals surface area contributed by atoms with E-state index in [1.807, 2.05) is 12.1 Å². The maximum absolute atomic E-state index is 5.89. The Morgan fingerprint density at radius 2 is 2.05 bits per heavy atom. The molecule has 1 atom stereocenters. The molecule has 1 heterocycles. The minimum atomic E-state index is 0.0315. The molecule has 2 aromatic carbocycles. The van der Waals surface area contributed by atoms with Crippen molar-refractivity contribution in [1.29, 1.82) is 0 Å². The van der Waals surface area contributed by atoms with Crippen molar-refractivity contribution in [1.82, 2.24) is 0 Å². The van der Waals surface area contributed by atoms with Crippen molar-refractivity contribution in [3.63, 3.8) is 0 Å². The number of ether oxygens (including phenoxy) is 3. The Labute approximate surface area is 124 Å². The predicted octanol–water partition coefficient (Wildman–Crippen LogP) is 2.97. The lowest BCUT2D eigenvalue weighted by Crippen LogP contribution is -2.22. The molecule has 0 radical (unpaired) electrons. The third kappa shape index (κ3) is 2.89. The summed E-state index contributed by atoms with van der Waals surface area (Å²) in [6.07, 6.45) is 0.901. The largest absolute Gasteiger partial charge is 0.493 e. The van der Waals surface area contributed by atoms with Gasteiger partial charge < -0.3 is 19.9 Å². The van der Waals surface area contributed by atoms with Crippen molar-refractivity contribution in [3.05, 3.63) is 47.5 Å². The van der Waals surface area contributed by atoms with E-state index in [1.165, 1.54) is 11.1 Å². The number of fused-ring (bicyclic) bond motifs is 1. The van der Waals surface area contributed by atoms with Crippen molar-refractivity contribution in [2.45, 2.75) is 19.4 Å². The number of methoxy groups -OCH3 is 1. The molecule has 1 unspecified atom stereocenters. The standard InChI is InChI=1S/C17H19NO3/c1-11-3-5-15-12(7-11)8-14(21-15)10-20-16-6-4-13(18)9-17(16)19-2/h3-7,9,14H,8,10,18H2,1-2H3. The minimum absolute atomic E-state index is 0.0315. The lowest BCUT2D eigenvalue weighted by Gasteiger charge is -2.14. The van der Waals surface area contributed by atoms with Gasteiger partial charge in [0, 0.05) is 18.2 Å². The van der Waals surface area contributed by atoms with Crippen molar-refractivity contribution in [3.8, 4) is 17.2 Å². The summed E-state index contributed by atoms with van der Waals surface area (Å²) in [5, 5.41) is 0. The fourth-order valence-electron chi connectivity index (χ4n) is 2.53. The van der Waals surface area contributed by atoms with Gasteiger partial charge in [0.2, 0.25) is 0 Å². The van der Waals surface area contributed by atoms with Gasteiger partial charge in [-0.05, 0) is 30.7 Å². The van der Waals surface area contributed by atoms with Crippen LogP contribution in [0.3, 0.4) is 0 Å². The Morgan fingerprint density at radius 1 is 1.19 bits per heavy atom. The minimum Gasteiger partial charge on any atom is -0.493 e. The van der Waals surface area contributed by atoms with Crippen LogP contribution in [0.4, 0.5) is 5.69 Å². The van der Waals surface area contributed by atoms with Gasteiger partial charge in [0.15, 0.2) is 11.5 Å². The summed E-state index contributed by atoms with van der Waals surface area (Å²) in [6.45, 7) is 2.57. The van der Waals surface area contributed by atoms with E-state index in [2.05, 4.69) is 19.1 Å². The van der Waals surface area contributed by atoms with Crippen LogP contribution in [0.15, 0.2) is 36.4 Å². The number of hydrogen-bond acceptors (Lipinski definition) is 4. The van der Waals surface area contributed by atoms with Gasteiger partial charge in [-0.3, -0.25) is 0 Å². The predicted molar refractivity (Wildman–Crippen MR) is 82.2 cm³/mol. The smallest absolute Gasteiger partial charge is 0.162 e. The van der Waals surface area contributed by atoms with Gasteiger partial charge in [0.25, 0.3) is 0 Å². The van der Waals surface area contributed by atoms with Gasteiger partial charge in [-0.2, -0.15) is 0 Å². The van der Waals surface area contributed by atoms with E-state index < -0.39 is 0 Å². The number of benzene rings is 2. The highest BCUT2D eigenvalue weighted by Gasteiger charge is 2.23. The summed E-state index contributed by atoms with van der Waals surface area (Å²) in [4.78, 5) is 0. The zero-order valence-corrected chi connectivity index (χ0v) is 12.3. The van der Waals surface area contributed by atoms with E-state index in [9.17, 15) is 0 Å². The van der Waals surface area contributed by atoms with Crippen LogP contribution in [0.1, 0.15) is 11.1 Å². The first kappa shape index (κ1) is 13.6. The van der Waals surface area contributed by atoms with Crippen LogP contribution in [0.2, 0.25) is 0 Å². The highest BCUT2D eigenvalue weighted by atomic mass is 16.5. The average Bonchev–Trinajstić information content (AvgIpc) is 2.87. The Kier molecular flexibility index (Phi) is 3.60. The summed E-state index contributed by atoms with van der Waals surface area (Å²) in [7, 11) is 1.60. The normalized spacial score (nSPS) is 16.2. The van der Waals surface area contributed by atoms with Gasteiger partial charge >= 0.3 is 0 Å². The summed E-state index contributed by atoms with van der Waals surface area (Å²) < 4.78 is 17.0. The molecule has 2 N–H and O–H groups in total. The third-order valence-corrected chi connectivity index (χ3v) is 3.57. The number of aryl methyl sites for hydroxylation is 1. The molecule has 1 aliphatic rings. The fourth-order valence-corrected chi connectivity index (χ4v) is 2.53. The van der Waals surface area contributed by atoms with Crippen LogP contribution in [-0.2, 0) is 6.42 Å². The first-order valence-corrected chi connectivity index (χ1v) is 6.98. The van der Waals surface area contributed by atoms with Crippen molar-refractivity contribution >= 4 is 5.69 Å². The highest BCUT2D eigenvalue weighted by Crippen LogP contribution is 2.32. The van der Waals surface area contributed by atoms with Gasteiger partial charge in [-0.1, -0.05) is 17.7 Å². The zero-order valence-electron chi connectivity index (χ0n) is 12.3. The molecular weight excluding hydrogens is 266 g/mol. The second kappa shape index (κ2) is 5.56. The van der Waals surface area contributed by atoms with Gasteiger partial charge in [0.05, 0.1) is 7.11 Å². The first-order valence-electron chi connectivity index (χ1n) is 6.98. The van der Waals surface area contributed by atoms with E-state index >= 15 is 0 Å². The summed E-state index contributed by atoms with van der Waals surface area (Å²) in [6, 6.07) is 11.6. The number of anilines is 1. The van der Waals surface area contributed by atoms with Crippen molar-refractivity contribution < 1.29 is 14.2 Å². The maximum atomic E-state index is 5.89. The average molecular weight is 285 g/mol. The van der Waals surface area contributed by atoms with Gasteiger partial charge in [0.1, 0.15) is 18.5 Å². The summed E-state index contributed by atoms with van der Waals surface area (Å²) in [5.74, 6) is 2.28. The second-order valence-electron chi connectivity index (χ2n) is 5.28. The number of hydrogen-bond donors (Lipinski definition) is 1.